The smallest absolute Gasteiger partial charge is 0.0931 e. The van der Waals surface area contributed by atoms with Gasteiger partial charge in [0.1, 0.15) is 0 Å². The Bertz CT molecular complexity index is 975. The molecule has 140 valence electrons. The molecule has 2 aromatic carbocycles. The topological polar surface area (TPSA) is 72.6 Å². The Hall–Kier alpha value is -2.70. The van der Waals surface area contributed by atoms with Crippen molar-refractivity contribution < 1.29 is 0 Å². The lowest BCUT2D eigenvalue weighted by Gasteiger charge is -2.24. The van der Waals surface area contributed by atoms with E-state index >= 15 is 0 Å². The molecule has 3 N–H and O–H groups in total. The third kappa shape index (κ3) is 3.34. The standard InChI is InChI=1S/C20H22N6.CH4/c1-26-7-6-15(10-26)25-20(13-2-4-16-18(8-13)23-11-21-16)14-3-5-17-19(9-14)24-12-22-17;/h2-5,8-9,11-12,15,20,25H,6-7,10H2,1H3,(H,21,23)(H,22,24);1H4. The quantitative estimate of drug-likeness (QED) is 0.520. The summed E-state index contributed by atoms with van der Waals surface area (Å²) in [7, 11) is 2.18. The fourth-order valence-corrected chi connectivity index (χ4v) is 3.96. The minimum Gasteiger partial charge on any atom is -0.345 e. The van der Waals surface area contributed by atoms with Gasteiger partial charge in [0.2, 0.25) is 0 Å². The lowest BCUT2D eigenvalue weighted by atomic mass is 9.96. The zero-order chi connectivity index (χ0) is 17.5. The largest absolute Gasteiger partial charge is 0.345 e. The summed E-state index contributed by atoms with van der Waals surface area (Å²) in [5.74, 6) is 0. The Morgan fingerprint density at radius 2 is 1.59 bits per heavy atom. The number of benzene rings is 2. The molecule has 0 radical (unpaired) electrons. The number of hydrogen-bond acceptors (Lipinski definition) is 4. The lowest BCUT2D eigenvalue weighted by molar-refractivity contribution is 0.391. The highest BCUT2D eigenvalue weighted by molar-refractivity contribution is 5.77. The van der Waals surface area contributed by atoms with E-state index in [1.165, 1.54) is 17.5 Å². The van der Waals surface area contributed by atoms with Gasteiger partial charge in [-0.15, -0.1) is 0 Å². The summed E-state index contributed by atoms with van der Waals surface area (Å²) in [6.07, 6.45) is 4.67. The van der Waals surface area contributed by atoms with E-state index in [1.807, 2.05) is 0 Å². The van der Waals surface area contributed by atoms with Crippen molar-refractivity contribution >= 4 is 22.1 Å². The fraction of sp³-hybridized carbons (Fsp3) is 0.333. The highest BCUT2D eigenvalue weighted by Crippen LogP contribution is 2.28. The second-order valence-electron chi connectivity index (χ2n) is 7.21. The van der Waals surface area contributed by atoms with Gasteiger partial charge in [0.25, 0.3) is 0 Å². The second-order valence-corrected chi connectivity index (χ2v) is 7.21. The molecule has 0 saturated carbocycles. The molecule has 0 bridgehead atoms. The van der Waals surface area contributed by atoms with Crippen LogP contribution in [-0.4, -0.2) is 51.0 Å². The number of aromatic nitrogens is 4. The number of nitrogens with zero attached hydrogens (tertiary/aromatic N) is 3. The number of likely N-dealkylation sites (tertiary alicyclic amines) is 1. The van der Waals surface area contributed by atoms with Crippen LogP contribution in [0.2, 0.25) is 0 Å². The first kappa shape index (κ1) is 17.7. The monoisotopic (exact) mass is 362 g/mol. The number of imidazole rings is 2. The number of nitrogens with one attached hydrogen (secondary N) is 3. The fourth-order valence-electron chi connectivity index (χ4n) is 3.96. The van der Waals surface area contributed by atoms with E-state index < -0.39 is 0 Å². The van der Waals surface area contributed by atoms with Crippen LogP contribution in [0.5, 0.6) is 0 Å². The summed E-state index contributed by atoms with van der Waals surface area (Å²) in [4.78, 5) is 17.5. The van der Waals surface area contributed by atoms with Crippen LogP contribution in [0.15, 0.2) is 49.1 Å². The molecule has 1 fully saturated rings. The molecule has 6 nitrogen and oxygen atoms in total. The molecule has 4 aromatic rings. The Labute approximate surface area is 159 Å². The second kappa shape index (κ2) is 7.13. The van der Waals surface area contributed by atoms with Gasteiger partial charge in [0.05, 0.1) is 40.8 Å². The van der Waals surface area contributed by atoms with Gasteiger partial charge in [-0.3, -0.25) is 0 Å². The van der Waals surface area contributed by atoms with Gasteiger partial charge in [-0.1, -0.05) is 19.6 Å². The third-order valence-electron chi connectivity index (χ3n) is 5.35. The third-order valence-corrected chi connectivity index (χ3v) is 5.35. The predicted molar refractivity (Wildman–Crippen MR) is 110 cm³/mol. The van der Waals surface area contributed by atoms with E-state index in [-0.39, 0.29) is 13.5 Å². The summed E-state index contributed by atoms with van der Waals surface area (Å²) in [6.45, 7) is 2.22. The van der Waals surface area contributed by atoms with Gasteiger partial charge in [0.15, 0.2) is 0 Å². The lowest BCUT2D eigenvalue weighted by Crippen LogP contribution is -2.35. The molecule has 5 rings (SSSR count). The average Bonchev–Trinajstić information content (AvgIpc) is 3.39. The Morgan fingerprint density at radius 3 is 2.11 bits per heavy atom. The van der Waals surface area contributed by atoms with Gasteiger partial charge in [-0.05, 0) is 55.4 Å². The molecule has 3 heterocycles. The molecular formula is C21H26N6. The number of aromatic amines is 2. The predicted octanol–water partition coefficient (Wildman–Crippen LogP) is 3.46. The van der Waals surface area contributed by atoms with Crippen molar-refractivity contribution in [3.05, 3.63) is 60.2 Å². The first-order chi connectivity index (χ1) is 12.8. The SMILES string of the molecule is C.CN1CCC(NC(c2ccc3nc[nH]c3c2)c2ccc3nc[nH]c3c2)C1. The minimum absolute atomic E-state index is 0. The Balaban J connectivity index is 0.00000180. The molecular weight excluding hydrogens is 336 g/mol. The molecule has 6 heteroatoms. The zero-order valence-corrected chi connectivity index (χ0v) is 14.7. The highest BCUT2D eigenvalue weighted by Gasteiger charge is 2.24. The molecule has 1 atom stereocenters. The van der Waals surface area contributed by atoms with Crippen molar-refractivity contribution in [2.75, 3.05) is 20.1 Å². The molecule has 0 aliphatic carbocycles. The van der Waals surface area contributed by atoms with Crippen molar-refractivity contribution in [3.63, 3.8) is 0 Å². The normalized spacial score (nSPS) is 17.8. The molecule has 1 unspecified atom stereocenters. The molecule has 1 aliphatic rings. The van der Waals surface area contributed by atoms with Crippen molar-refractivity contribution in [1.29, 1.82) is 0 Å². The Kier molecular flexibility index (Phi) is 4.68. The average molecular weight is 362 g/mol. The van der Waals surface area contributed by atoms with Gasteiger partial charge >= 0.3 is 0 Å². The number of likely N-dealkylation sites (N-methyl/N-ethyl adjacent to an activating group) is 1. The van der Waals surface area contributed by atoms with Crippen molar-refractivity contribution in [2.45, 2.75) is 25.9 Å². The molecule has 0 spiro atoms. The molecule has 27 heavy (non-hydrogen) atoms. The highest BCUT2D eigenvalue weighted by atomic mass is 15.2. The molecule has 1 aliphatic heterocycles. The maximum absolute atomic E-state index is 4.34. The van der Waals surface area contributed by atoms with Gasteiger partial charge in [-0.2, -0.15) is 0 Å². The van der Waals surface area contributed by atoms with E-state index in [4.69, 9.17) is 0 Å². The first-order valence-electron chi connectivity index (χ1n) is 9.07. The van der Waals surface area contributed by atoms with Gasteiger partial charge < -0.3 is 20.2 Å². The number of fused-ring (bicyclic) bond motifs is 2. The molecule has 0 amide bonds. The minimum atomic E-state index is 0. The van der Waals surface area contributed by atoms with Gasteiger partial charge in [0, 0.05) is 12.6 Å². The van der Waals surface area contributed by atoms with E-state index in [9.17, 15) is 0 Å². The first-order valence-corrected chi connectivity index (χ1v) is 9.07. The van der Waals surface area contributed by atoms with E-state index in [2.05, 4.69) is 73.6 Å². The van der Waals surface area contributed by atoms with Crippen LogP contribution >= 0.6 is 0 Å². The summed E-state index contributed by atoms with van der Waals surface area (Å²) >= 11 is 0. The van der Waals surface area contributed by atoms with E-state index in [0.29, 0.717) is 6.04 Å². The maximum atomic E-state index is 4.34. The summed E-state index contributed by atoms with van der Waals surface area (Å²) in [6, 6.07) is 13.6. The van der Waals surface area contributed by atoms with Crippen molar-refractivity contribution in [2.24, 2.45) is 0 Å². The number of H-pyrrole nitrogens is 2. The van der Waals surface area contributed by atoms with E-state index in [1.54, 1.807) is 12.7 Å². The van der Waals surface area contributed by atoms with Gasteiger partial charge in [-0.25, -0.2) is 9.97 Å². The zero-order valence-electron chi connectivity index (χ0n) is 14.7. The number of rotatable bonds is 4. The van der Waals surface area contributed by atoms with Crippen LogP contribution in [0, 0.1) is 0 Å². The van der Waals surface area contributed by atoms with Crippen LogP contribution in [0.25, 0.3) is 22.1 Å². The van der Waals surface area contributed by atoms with Crippen LogP contribution < -0.4 is 5.32 Å². The van der Waals surface area contributed by atoms with Crippen molar-refractivity contribution in [3.8, 4) is 0 Å². The molecule has 1 saturated heterocycles. The maximum Gasteiger partial charge on any atom is 0.0931 e. The molecule has 2 aromatic heterocycles. The van der Waals surface area contributed by atoms with Crippen LogP contribution in [0.4, 0.5) is 0 Å². The summed E-state index contributed by atoms with van der Waals surface area (Å²) < 4.78 is 0. The Morgan fingerprint density at radius 1 is 1.00 bits per heavy atom. The van der Waals surface area contributed by atoms with E-state index in [0.717, 1.165) is 35.2 Å². The van der Waals surface area contributed by atoms with Crippen molar-refractivity contribution in [1.82, 2.24) is 30.2 Å². The number of hydrogen-bond donors (Lipinski definition) is 3. The van der Waals surface area contributed by atoms with Crippen LogP contribution in [0.1, 0.15) is 31.0 Å². The summed E-state index contributed by atoms with van der Waals surface area (Å²) in [5, 5.41) is 3.88. The van der Waals surface area contributed by atoms with Crippen LogP contribution in [-0.2, 0) is 0 Å². The van der Waals surface area contributed by atoms with Crippen LogP contribution in [0.3, 0.4) is 0 Å². The summed E-state index contributed by atoms with van der Waals surface area (Å²) in [5.41, 5.74) is 6.63.